The molecule has 13 heteroatoms. The maximum Gasteiger partial charge on any atom is 0.403 e. The van der Waals surface area contributed by atoms with Gasteiger partial charge in [0, 0.05) is 48.2 Å². The van der Waals surface area contributed by atoms with Crippen LogP contribution in [0.5, 0.6) is 0 Å². The number of benzene rings is 2. The lowest BCUT2D eigenvalue weighted by Crippen LogP contribution is -2.64. The molecule has 1 aromatic heterocycles. The second-order valence-corrected chi connectivity index (χ2v) is 14.9. The van der Waals surface area contributed by atoms with Gasteiger partial charge < -0.3 is 14.5 Å². The number of halogens is 5. The van der Waals surface area contributed by atoms with Gasteiger partial charge in [0.25, 0.3) is 5.91 Å². The third-order valence-corrected chi connectivity index (χ3v) is 9.95. The molecule has 2 aliphatic heterocycles. The van der Waals surface area contributed by atoms with E-state index in [2.05, 4.69) is 21.0 Å². The topological polar surface area (TPSA) is 84.7 Å². The summed E-state index contributed by atoms with van der Waals surface area (Å²) in [6.07, 6.45) is 1.65. The van der Waals surface area contributed by atoms with E-state index in [0.717, 1.165) is 5.56 Å². The molecule has 3 heterocycles. The van der Waals surface area contributed by atoms with E-state index in [1.165, 1.54) is 23.2 Å². The van der Waals surface area contributed by atoms with Crippen molar-refractivity contribution in [2.45, 2.75) is 51.9 Å². The summed E-state index contributed by atoms with van der Waals surface area (Å²) in [6.45, 7) is 6.26. The Morgan fingerprint density at radius 3 is 2.31 bits per heavy atom. The van der Waals surface area contributed by atoms with Gasteiger partial charge in [0.15, 0.2) is 0 Å². The van der Waals surface area contributed by atoms with Crippen LogP contribution in [0.25, 0.3) is 6.08 Å². The first-order valence-corrected chi connectivity index (χ1v) is 16.4. The summed E-state index contributed by atoms with van der Waals surface area (Å²) in [4.78, 5) is 42.9. The number of carbonyl (C=O) groups is 3. The van der Waals surface area contributed by atoms with Crippen molar-refractivity contribution in [2.24, 2.45) is 16.7 Å². The average molecular weight is 732 g/mol. The normalized spacial score (nSPS) is 19.9. The fourth-order valence-electron chi connectivity index (χ4n) is 6.61. The number of ether oxygens (including phenoxy) is 1. The molecule has 1 unspecified atom stereocenters. The number of aromatic nitrogens is 2. The van der Waals surface area contributed by atoms with Crippen molar-refractivity contribution in [1.82, 2.24) is 19.6 Å². The molecule has 0 N–H and O–H groups in total. The molecule has 3 fully saturated rings. The van der Waals surface area contributed by atoms with Gasteiger partial charge in [0.1, 0.15) is 16.8 Å². The molecule has 8 nitrogen and oxygen atoms in total. The van der Waals surface area contributed by atoms with E-state index >= 15 is 0 Å². The second-order valence-electron chi connectivity index (χ2n) is 14.0. The highest BCUT2D eigenvalue weighted by Crippen LogP contribution is 2.60. The van der Waals surface area contributed by atoms with Gasteiger partial charge in [0.05, 0.1) is 23.9 Å². The maximum absolute atomic E-state index is 13.8. The summed E-state index contributed by atoms with van der Waals surface area (Å²) in [5.74, 6) is -2.41. The highest BCUT2D eigenvalue weighted by molar-refractivity contribution is 9.10. The summed E-state index contributed by atoms with van der Waals surface area (Å²) in [6, 6.07) is 11.2. The molecular weight excluding hydrogens is 696 g/mol. The Bertz CT molecular complexity index is 1770. The van der Waals surface area contributed by atoms with Crippen molar-refractivity contribution < 1.29 is 36.7 Å². The smallest absolute Gasteiger partial charge is 0.403 e. The summed E-state index contributed by atoms with van der Waals surface area (Å²) in [7, 11) is 0. The predicted octanol–water partition coefficient (Wildman–Crippen LogP) is 6.74. The van der Waals surface area contributed by atoms with E-state index in [0.29, 0.717) is 27.7 Å². The molecule has 1 spiro atoms. The first-order valence-electron chi connectivity index (χ1n) is 15.6. The quantitative estimate of drug-likeness (QED) is 0.199. The van der Waals surface area contributed by atoms with Gasteiger partial charge in [-0.15, -0.1) is 0 Å². The molecule has 3 aromatic rings. The lowest BCUT2D eigenvalue weighted by atomic mass is 9.70. The third kappa shape index (κ3) is 6.53. The number of hydrogen-bond donors (Lipinski definition) is 0. The molecule has 3 aliphatic rings. The number of likely N-dealkylation sites (tertiary alicyclic amines) is 2. The average Bonchev–Trinajstić information content (AvgIpc) is 3.54. The fourth-order valence-corrected chi connectivity index (χ4v) is 7.16. The lowest BCUT2D eigenvalue weighted by Gasteiger charge is -2.51. The molecule has 1 saturated carbocycles. The van der Waals surface area contributed by atoms with Crippen LogP contribution in [0.4, 0.5) is 17.6 Å². The molecular formula is C35H35BrF4N4O4. The van der Waals surface area contributed by atoms with E-state index in [1.807, 2.05) is 6.08 Å². The fraction of sp³-hybridized carbons (Fsp3) is 0.429. The molecule has 1 aliphatic carbocycles. The van der Waals surface area contributed by atoms with Crippen molar-refractivity contribution in [3.63, 3.8) is 0 Å². The number of alkyl halides is 3. The Hall–Kier alpha value is -4.00. The zero-order valence-corrected chi connectivity index (χ0v) is 28.3. The third-order valence-electron chi connectivity index (χ3n) is 9.29. The Morgan fingerprint density at radius 1 is 1.02 bits per heavy atom. The first-order chi connectivity index (χ1) is 22.5. The van der Waals surface area contributed by atoms with Gasteiger partial charge in [-0.3, -0.25) is 14.3 Å². The van der Waals surface area contributed by atoms with E-state index in [-0.39, 0.29) is 56.7 Å². The molecule has 254 valence electrons. The number of amides is 2. The molecule has 2 saturated heterocycles. The highest BCUT2D eigenvalue weighted by atomic mass is 79.9. The van der Waals surface area contributed by atoms with E-state index in [4.69, 9.17) is 4.74 Å². The Balaban J connectivity index is 1.25. The summed E-state index contributed by atoms with van der Waals surface area (Å²) in [5.41, 5.74) is -1.69. The molecule has 2 aromatic carbocycles. The molecule has 0 radical (unpaired) electrons. The summed E-state index contributed by atoms with van der Waals surface area (Å²) >= 11 is 3.45. The van der Waals surface area contributed by atoms with Crippen molar-refractivity contribution in [2.75, 3.05) is 26.2 Å². The van der Waals surface area contributed by atoms with E-state index in [9.17, 15) is 31.9 Å². The summed E-state index contributed by atoms with van der Waals surface area (Å²) in [5, 5.41) is 4.30. The number of carbonyl (C=O) groups excluding carboxylic acids is 3. The molecule has 0 bridgehead atoms. The van der Waals surface area contributed by atoms with E-state index < -0.39 is 34.5 Å². The highest BCUT2D eigenvalue weighted by Gasteiger charge is 2.71. The standard InChI is InChI=1S/C35H35BrF4N4O4/c1-32(2,3)48-30(46)28-23(5-4-6-27(28)36)9-10-25-18-42(19-33(25)20-43(21-33)31(47)34(13-14-34)35(38,39)40)29(45)24-15-41-44(17-24)16-22-7-11-26(37)12-8-22/h4-12,15,17,25H,13-14,16,18-21H2,1-3H3/b10-9+. The second kappa shape index (κ2) is 12.2. The predicted molar refractivity (Wildman–Crippen MR) is 172 cm³/mol. The zero-order valence-electron chi connectivity index (χ0n) is 26.7. The van der Waals surface area contributed by atoms with Crippen molar-refractivity contribution in [3.05, 3.63) is 93.5 Å². The van der Waals surface area contributed by atoms with Crippen LogP contribution in [0.2, 0.25) is 0 Å². The minimum atomic E-state index is -4.61. The number of nitrogens with zero attached hydrogens (tertiary/aromatic N) is 4. The minimum Gasteiger partial charge on any atom is -0.456 e. The van der Waals surface area contributed by atoms with Gasteiger partial charge >= 0.3 is 12.1 Å². The number of hydrogen-bond acceptors (Lipinski definition) is 5. The van der Waals surface area contributed by atoms with Crippen LogP contribution in [-0.4, -0.2) is 75.3 Å². The Kier molecular flexibility index (Phi) is 8.58. The molecule has 1 atom stereocenters. The van der Waals surface area contributed by atoms with Crippen LogP contribution >= 0.6 is 15.9 Å². The minimum absolute atomic E-state index is 0.0731. The van der Waals surface area contributed by atoms with Gasteiger partial charge in [-0.05, 0) is 78.9 Å². The number of esters is 1. The van der Waals surface area contributed by atoms with Gasteiger partial charge in [-0.25, -0.2) is 9.18 Å². The van der Waals surface area contributed by atoms with Crippen LogP contribution in [0, 0.1) is 22.6 Å². The molecule has 6 rings (SSSR count). The van der Waals surface area contributed by atoms with Crippen LogP contribution in [0.15, 0.2) is 65.4 Å². The van der Waals surface area contributed by atoms with Crippen LogP contribution in [-0.2, 0) is 16.1 Å². The molecule has 2 amide bonds. The van der Waals surface area contributed by atoms with Crippen molar-refractivity contribution >= 4 is 39.8 Å². The van der Waals surface area contributed by atoms with Gasteiger partial charge in [-0.1, -0.05) is 36.4 Å². The van der Waals surface area contributed by atoms with Gasteiger partial charge in [0.2, 0.25) is 5.91 Å². The van der Waals surface area contributed by atoms with Crippen molar-refractivity contribution in [1.29, 1.82) is 0 Å². The zero-order chi connectivity index (χ0) is 34.6. The largest absolute Gasteiger partial charge is 0.456 e. The van der Waals surface area contributed by atoms with Crippen LogP contribution in [0.3, 0.4) is 0 Å². The summed E-state index contributed by atoms with van der Waals surface area (Å²) < 4.78 is 62.4. The number of rotatable bonds is 7. The van der Waals surface area contributed by atoms with Crippen LogP contribution < -0.4 is 0 Å². The Morgan fingerprint density at radius 2 is 1.69 bits per heavy atom. The van der Waals surface area contributed by atoms with Crippen molar-refractivity contribution in [3.8, 4) is 0 Å². The molecule has 48 heavy (non-hydrogen) atoms. The van der Waals surface area contributed by atoms with E-state index in [1.54, 1.807) is 73.0 Å². The van der Waals surface area contributed by atoms with Gasteiger partial charge in [-0.2, -0.15) is 18.3 Å². The lowest BCUT2D eigenvalue weighted by molar-refractivity contribution is -0.205. The first kappa shape index (κ1) is 33.9. The van der Waals surface area contributed by atoms with Crippen LogP contribution in [0.1, 0.15) is 65.5 Å². The monoisotopic (exact) mass is 730 g/mol. The maximum atomic E-state index is 13.8. The Labute approximate surface area is 283 Å². The SMILES string of the molecule is CC(C)(C)OC(=O)c1c(Br)cccc1/C=C/C1CN(C(=O)c2cnn(Cc3ccc(F)cc3)c2)CC12CN(C(=O)C1(C(F)(F)F)CC1)C2.